The topological polar surface area (TPSA) is 55.8 Å². The first-order chi connectivity index (χ1) is 9.22. The van der Waals surface area contributed by atoms with Crippen molar-refractivity contribution in [1.82, 2.24) is 0 Å². The van der Waals surface area contributed by atoms with Crippen molar-refractivity contribution >= 4 is 5.97 Å². The van der Waals surface area contributed by atoms with Gasteiger partial charge in [0.05, 0.1) is 25.7 Å². The molecule has 4 nitrogen and oxygen atoms in total. The average Bonchev–Trinajstić information content (AvgIpc) is 2.39. The molecule has 0 aliphatic rings. The highest BCUT2D eigenvalue weighted by atomic mass is 16.5. The van der Waals surface area contributed by atoms with Crippen molar-refractivity contribution < 1.29 is 19.4 Å². The van der Waals surface area contributed by atoms with Crippen LogP contribution in [0.25, 0.3) is 0 Å². The molecule has 1 N–H and O–H groups in total. The minimum Gasteiger partial charge on any atom is -0.466 e. The van der Waals surface area contributed by atoms with E-state index in [9.17, 15) is 9.90 Å². The maximum atomic E-state index is 11.1. The highest BCUT2D eigenvalue weighted by Crippen LogP contribution is 2.05. The predicted octanol–water partition coefficient (Wildman–Crippen LogP) is 2.30. The van der Waals surface area contributed by atoms with Crippen molar-refractivity contribution in [1.29, 1.82) is 0 Å². The molecule has 1 aromatic carbocycles. The first kappa shape index (κ1) is 15.7. The van der Waals surface area contributed by atoms with E-state index in [1.54, 1.807) is 6.92 Å². The Kier molecular flexibility index (Phi) is 7.86. The van der Waals surface area contributed by atoms with Crippen LogP contribution < -0.4 is 0 Å². The maximum absolute atomic E-state index is 11.1. The van der Waals surface area contributed by atoms with Gasteiger partial charge in [-0.05, 0) is 25.3 Å². The van der Waals surface area contributed by atoms with Gasteiger partial charge in [0.15, 0.2) is 0 Å². The highest BCUT2D eigenvalue weighted by Gasteiger charge is 2.10. The summed E-state index contributed by atoms with van der Waals surface area (Å²) in [5.41, 5.74) is 1.13. The largest absolute Gasteiger partial charge is 0.466 e. The van der Waals surface area contributed by atoms with E-state index in [4.69, 9.17) is 9.47 Å². The molecule has 4 heteroatoms. The Labute approximate surface area is 114 Å². The van der Waals surface area contributed by atoms with Gasteiger partial charge < -0.3 is 14.6 Å². The van der Waals surface area contributed by atoms with E-state index in [-0.39, 0.29) is 12.4 Å². The number of carbonyl (C=O) groups excluding carboxylic acids is 1. The number of benzene rings is 1. The van der Waals surface area contributed by atoms with Crippen LogP contribution in [0, 0.1) is 0 Å². The quantitative estimate of drug-likeness (QED) is 0.550. The number of ether oxygens (including phenoxy) is 2. The second kappa shape index (κ2) is 9.53. The third-order valence-electron chi connectivity index (χ3n) is 2.65. The molecule has 0 bridgehead atoms. The summed E-state index contributed by atoms with van der Waals surface area (Å²) in [7, 11) is 0. The summed E-state index contributed by atoms with van der Waals surface area (Å²) in [5.74, 6) is -0.347. The van der Waals surface area contributed by atoms with Gasteiger partial charge in [0.2, 0.25) is 0 Å². The van der Waals surface area contributed by atoms with Gasteiger partial charge in [-0.1, -0.05) is 30.3 Å². The van der Waals surface area contributed by atoms with Gasteiger partial charge in [0, 0.05) is 6.61 Å². The molecule has 0 aromatic heterocycles. The SMILES string of the molecule is CCOC(=O)C[C@@H](O)CCCOCc1ccccc1. The molecule has 0 unspecified atom stereocenters. The van der Waals surface area contributed by atoms with Gasteiger partial charge in [-0.25, -0.2) is 0 Å². The fourth-order valence-corrected chi connectivity index (χ4v) is 1.70. The Balaban J connectivity index is 2.03. The number of aliphatic hydroxyl groups is 1. The first-order valence-electron chi connectivity index (χ1n) is 6.67. The third kappa shape index (κ3) is 7.59. The predicted molar refractivity (Wildman–Crippen MR) is 72.6 cm³/mol. The monoisotopic (exact) mass is 266 g/mol. The van der Waals surface area contributed by atoms with E-state index in [1.165, 1.54) is 0 Å². The van der Waals surface area contributed by atoms with E-state index in [0.29, 0.717) is 26.2 Å². The van der Waals surface area contributed by atoms with Gasteiger partial charge in [-0.3, -0.25) is 4.79 Å². The van der Waals surface area contributed by atoms with Crippen LogP contribution >= 0.6 is 0 Å². The van der Waals surface area contributed by atoms with Gasteiger partial charge in [0.25, 0.3) is 0 Å². The molecule has 1 rings (SSSR count). The van der Waals surface area contributed by atoms with Crippen LogP contribution in [0.2, 0.25) is 0 Å². The molecule has 0 heterocycles. The van der Waals surface area contributed by atoms with Crippen LogP contribution in [-0.2, 0) is 20.9 Å². The molecule has 0 aliphatic carbocycles. The fraction of sp³-hybridized carbons (Fsp3) is 0.533. The number of hydrogen-bond donors (Lipinski definition) is 1. The van der Waals surface area contributed by atoms with Crippen molar-refractivity contribution in [3.05, 3.63) is 35.9 Å². The van der Waals surface area contributed by atoms with Gasteiger partial charge in [-0.2, -0.15) is 0 Å². The zero-order valence-corrected chi connectivity index (χ0v) is 11.4. The van der Waals surface area contributed by atoms with Crippen molar-refractivity contribution in [2.75, 3.05) is 13.2 Å². The summed E-state index contributed by atoms with van der Waals surface area (Å²) in [6.07, 6.45) is 0.701. The number of aliphatic hydroxyl groups excluding tert-OH is 1. The van der Waals surface area contributed by atoms with Crippen molar-refractivity contribution in [2.45, 2.75) is 38.9 Å². The summed E-state index contributed by atoms with van der Waals surface area (Å²) < 4.78 is 10.3. The van der Waals surface area contributed by atoms with E-state index < -0.39 is 6.10 Å². The molecule has 0 amide bonds. The Bertz CT molecular complexity index is 350. The molecule has 0 radical (unpaired) electrons. The lowest BCUT2D eigenvalue weighted by Gasteiger charge is -2.10. The van der Waals surface area contributed by atoms with Crippen molar-refractivity contribution in [2.24, 2.45) is 0 Å². The number of rotatable bonds is 9. The first-order valence-corrected chi connectivity index (χ1v) is 6.67. The van der Waals surface area contributed by atoms with E-state index in [1.807, 2.05) is 30.3 Å². The summed E-state index contributed by atoms with van der Waals surface area (Å²) in [5, 5.41) is 9.61. The average molecular weight is 266 g/mol. The lowest BCUT2D eigenvalue weighted by atomic mass is 10.1. The smallest absolute Gasteiger partial charge is 0.308 e. The van der Waals surface area contributed by atoms with Gasteiger partial charge >= 0.3 is 5.97 Å². The van der Waals surface area contributed by atoms with E-state index in [0.717, 1.165) is 12.0 Å². The van der Waals surface area contributed by atoms with Crippen LogP contribution in [0.3, 0.4) is 0 Å². The normalized spacial score (nSPS) is 12.1. The van der Waals surface area contributed by atoms with Crippen LogP contribution in [0.15, 0.2) is 30.3 Å². The Morgan fingerprint density at radius 3 is 2.74 bits per heavy atom. The minimum absolute atomic E-state index is 0.0620. The highest BCUT2D eigenvalue weighted by molar-refractivity contribution is 5.69. The molecule has 1 atom stereocenters. The molecular formula is C15H22O4. The number of carbonyl (C=O) groups is 1. The van der Waals surface area contributed by atoms with Crippen LogP contribution in [0.1, 0.15) is 31.7 Å². The van der Waals surface area contributed by atoms with Crippen LogP contribution in [-0.4, -0.2) is 30.4 Å². The van der Waals surface area contributed by atoms with E-state index in [2.05, 4.69) is 0 Å². The summed E-state index contributed by atoms with van der Waals surface area (Å²) in [6, 6.07) is 9.93. The molecule has 0 saturated heterocycles. The van der Waals surface area contributed by atoms with Gasteiger partial charge in [0.1, 0.15) is 0 Å². The van der Waals surface area contributed by atoms with Gasteiger partial charge in [-0.15, -0.1) is 0 Å². The lowest BCUT2D eigenvalue weighted by Crippen LogP contribution is -2.16. The number of hydrogen-bond acceptors (Lipinski definition) is 4. The zero-order chi connectivity index (χ0) is 13.9. The molecule has 0 spiro atoms. The number of esters is 1. The Hall–Kier alpha value is -1.39. The Morgan fingerprint density at radius 1 is 1.32 bits per heavy atom. The molecule has 0 fully saturated rings. The fourth-order valence-electron chi connectivity index (χ4n) is 1.70. The summed E-state index contributed by atoms with van der Waals surface area (Å²) >= 11 is 0. The van der Waals surface area contributed by atoms with Crippen LogP contribution in [0.4, 0.5) is 0 Å². The maximum Gasteiger partial charge on any atom is 0.308 e. The minimum atomic E-state index is -0.639. The zero-order valence-electron chi connectivity index (χ0n) is 11.4. The van der Waals surface area contributed by atoms with Crippen LogP contribution in [0.5, 0.6) is 0 Å². The Morgan fingerprint density at radius 2 is 2.05 bits per heavy atom. The summed E-state index contributed by atoms with van der Waals surface area (Å²) in [6.45, 7) is 3.26. The molecular weight excluding hydrogens is 244 g/mol. The van der Waals surface area contributed by atoms with E-state index >= 15 is 0 Å². The molecule has 0 aliphatic heterocycles. The third-order valence-corrected chi connectivity index (χ3v) is 2.65. The molecule has 0 saturated carbocycles. The van der Waals surface area contributed by atoms with Crippen molar-refractivity contribution in [3.8, 4) is 0 Å². The molecule has 19 heavy (non-hydrogen) atoms. The second-order valence-electron chi connectivity index (χ2n) is 4.34. The lowest BCUT2D eigenvalue weighted by molar-refractivity contribution is -0.145. The molecule has 106 valence electrons. The van der Waals surface area contributed by atoms with Crippen molar-refractivity contribution in [3.63, 3.8) is 0 Å². The second-order valence-corrected chi connectivity index (χ2v) is 4.34. The standard InChI is InChI=1S/C15H22O4/c1-2-19-15(17)11-14(16)9-6-10-18-12-13-7-4-3-5-8-13/h3-5,7-8,14,16H,2,6,9-12H2,1H3/t14-/m0/s1. The summed E-state index contributed by atoms with van der Waals surface area (Å²) in [4.78, 5) is 11.1. The molecule has 1 aromatic rings.